The number of hydrogen-bond donors (Lipinski definition) is 1. The zero-order chi connectivity index (χ0) is 19.6. The van der Waals surface area contributed by atoms with Crippen molar-refractivity contribution in [1.29, 1.82) is 0 Å². The molecular formula is C24H23N3O2. The lowest BCUT2D eigenvalue weighted by molar-refractivity contribution is -0.171. The Bertz CT molecular complexity index is 1140. The van der Waals surface area contributed by atoms with Crippen LogP contribution in [0.3, 0.4) is 0 Å². The average molecular weight is 385 g/mol. The van der Waals surface area contributed by atoms with E-state index < -0.39 is 5.54 Å². The highest BCUT2D eigenvalue weighted by molar-refractivity contribution is 6.03. The van der Waals surface area contributed by atoms with E-state index in [9.17, 15) is 9.59 Å². The number of aromatic amines is 1. The summed E-state index contributed by atoms with van der Waals surface area (Å²) in [6.07, 6.45) is 2.96. The Balaban J connectivity index is 1.62. The maximum Gasteiger partial charge on any atom is 0.255 e. The fraction of sp³-hybridized carbons (Fsp3) is 0.333. The van der Waals surface area contributed by atoms with Crippen molar-refractivity contribution >= 4 is 22.7 Å². The lowest BCUT2D eigenvalue weighted by Gasteiger charge is -2.52. The van der Waals surface area contributed by atoms with E-state index in [4.69, 9.17) is 0 Å². The number of rotatable bonds is 2. The number of aromatic nitrogens is 1. The molecule has 2 amide bonds. The van der Waals surface area contributed by atoms with Crippen LogP contribution in [0.1, 0.15) is 29.7 Å². The number of nitrogens with zero attached hydrogens (tertiary/aromatic N) is 2. The zero-order valence-corrected chi connectivity index (χ0v) is 16.2. The van der Waals surface area contributed by atoms with Crippen molar-refractivity contribution in [3.05, 3.63) is 71.4 Å². The van der Waals surface area contributed by atoms with Crippen molar-refractivity contribution in [3.8, 4) is 0 Å². The van der Waals surface area contributed by atoms with Gasteiger partial charge in [0.05, 0.1) is 5.69 Å². The van der Waals surface area contributed by atoms with Gasteiger partial charge in [0.1, 0.15) is 6.04 Å². The van der Waals surface area contributed by atoms with E-state index in [1.54, 1.807) is 0 Å². The number of fused-ring (bicyclic) bond motifs is 6. The van der Waals surface area contributed by atoms with Gasteiger partial charge < -0.3 is 14.8 Å². The van der Waals surface area contributed by atoms with Crippen molar-refractivity contribution in [1.82, 2.24) is 14.8 Å². The molecule has 3 aliphatic rings. The summed E-state index contributed by atoms with van der Waals surface area (Å²) in [4.78, 5) is 34.9. The van der Waals surface area contributed by atoms with Crippen molar-refractivity contribution < 1.29 is 9.59 Å². The molecule has 3 aliphatic heterocycles. The molecule has 2 aromatic carbocycles. The van der Waals surface area contributed by atoms with Crippen molar-refractivity contribution in [2.24, 2.45) is 0 Å². The van der Waals surface area contributed by atoms with Gasteiger partial charge >= 0.3 is 0 Å². The minimum Gasteiger partial charge on any atom is -0.356 e. The van der Waals surface area contributed by atoms with Crippen molar-refractivity contribution in [3.63, 3.8) is 0 Å². The first kappa shape index (κ1) is 16.8. The van der Waals surface area contributed by atoms with Gasteiger partial charge in [-0.2, -0.15) is 0 Å². The minimum atomic E-state index is -0.980. The smallest absolute Gasteiger partial charge is 0.255 e. The zero-order valence-electron chi connectivity index (χ0n) is 16.2. The van der Waals surface area contributed by atoms with Crippen molar-refractivity contribution in [2.75, 3.05) is 13.1 Å². The molecule has 2 saturated heterocycles. The van der Waals surface area contributed by atoms with Crippen LogP contribution in [0.25, 0.3) is 10.9 Å². The minimum absolute atomic E-state index is 0.0796. The summed E-state index contributed by atoms with van der Waals surface area (Å²) in [6.45, 7) is 1.27. The standard InChI is InChI=1S/C24H23N3O2/c28-22-20-11-6-13-26(20)23(29)24(15-16-7-2-1-3-8-16)21-18(12-14-27(22)24)17-9-4-5-10-19(17)25-21/h1-5,7-10,20,25H,6,11-15H2/t20-,24?/m0/s1. The van der Waals surface area contributed by atoms with E-state index in [1.165, 1.54) is 10.9 Å². The number of benzene rings is 2. The van der Waals surface area contributed by atoms with E-state index in [0.717, 1.165) is 36.0 Å². The summed E-state index contributed by atoms with van der Waals surface area (Å²) in [6, 6.07) is 18.0. The quantitative estimate of drug-likeness (QED) is 0.737. The first-order valence-electron chi connectivity index (χ1n) is 10.5. The molecule has 2 atom stereocenters. The van der Waals surface area contributed by atoms with E-state index in [2.05, 4.69) is 29.2 Å². The summed E-state index contributed by atoms with van der Waals surface area (Å²) >= 11 is 0. The first-order chi connectivity index (χ1) is 14.2. The molecule has 3 aromatic rings. The van der Waals surface area contributed by atoms with Crippen molar-refractivity contribution in [2.45, 2.75) is 37.3 Å². The van der Waals surface area contributed by atoms with E-state index in [1.807, 2.05) is 40.1 Å². The number of hydrogen-bond acceptors (Lipinski definition) is 2. The lowest BCUT2D eigenvalue weighted by Crippen LogP contribution is -2.70. The maximum atomic E-state index is 14.1. The van der Waals surface area contributed by atoms with Crippen LogP contribution in [0.4, 0.5) is 0 Å². The Hall–Kier alpha value is -3.08. The number of H-pyrrole nitrogens is 1. The van der Waals surface area contributed by atoms with Crippen LogP contribution in [-0.2, 0) is 28.0 Å². The second-order valence-electron chi connectivity index (χ2n) is 8.44. The van der Waals surface area contributed by atoms with Crippen LogP contribution in [0.15, 0.2) is 54.6 Å². The van der Waals surface area contributed by atoms with Gasteiger partial charge in [-0.05, 0) is 36.5 Å². The summed E-state index contributed by atoms with van der Waals surface area (Å²) in [5.41, 5.74) is 3.23. The SMILES string of the molecule is O=C1[C@@H]2CCCN2C(=O)C2(Cc3ccccc3)c3[nH]c4ccccc4c3CCN12. The summed E-state index contributed by atoms with van der Waals surface area (Å²) < 4.78 is 0. The van der Waals surface area contributed by atoms with Gasteiger partial charge in [-0.1, -0.05) is 48.5 Å². The Morgan fingerprint density at radius 1 is 1.00 bits per heavy atom. The molecule has 5 nitrogen and oxygen atoms in total. The largest absolute Gasteiger partial charge is 0.356 e. The molecule has 146 valence electrons. The Labute approximate surface area is 169 Å². The molecule has 0 spiro atoms. The molecule has 4 heterocycles. The second-order valence-corrected chi connectivity index (χ2v) is 8.44. The molecule has 6 rings (SSSR count). The van der Waals surface area contributed by atoms with Gasteiger partial charge in [-0.25, -0.2) is 0 Å². The maximum absolute atomic E-state index is 14.1. The Morgan fingerprint density at radius 3 is 2.66 bits per heavy atom. The number of piperazine rings is 1. The topological polar surface area (TPSA) is 56.4 Å². The van der Waals surface area contributed by atoms with Crippen LogP contribution in [0.2, 0.25) is 0 Å². The van der Waals surface area contributed by atoms with Crippen LogP contribution in [0, 0.1) is 0 Å². The Kier molecular flexibility index (Phi) is 3.46. The molecule has 1 unspecified atom stereocenters. The van der Waals surface area contributed by atoms with Crippen LogP contribution >= 0.6 is 0 Å². The third-order valence-corrected chi connectivity index (χ3v) is 6.99. The summed E-state index contributed by atoms with van der Waals surface area (Å²) in [5, 5.41) is 1.17. The normalized spacial score (nSPS) is 25.9. The van der Waals surface area contributed by atoms with Gasteiger partial charge in [0.2, 0.25) is 5.91 Å². The van der Waals surface area contributed by atoms with Crippen LogP contribution in [0.5, 0.6) is 0 Å². The molecule has 29 heavy (non-hydrogen) atoms. The van der Waals surface area contributed by atoms with Gasteiger partial charge in [-0.3, -0.25) is 9.59 Å². The van der Waals surface area contributed by atoms with Crippen LogP contribution in [-0.4, -0.2) is 45.7 Å². The highest BCUT2D eigenvalue weighted by atomic mass is 16.2. The molecule has 2 fully saturated rings. The summed E-state index contributed by atoms with van der Waals surface area (Å²) in [5.74, 6) is 0.193. The highest BCUT2D eigenvalue weighted by Gasteiger charge is 2.60. The first-order valence-corrected chi connectivity index (χ1v) is 10.5. The van der Waals surface area contributed by atoms with E-state index >= 15 is 0 Å². The third kappa shape index (κ3) is 2.16. The molecule has 0 saturated carbocycles. The monoisotopic (exact) mass is 385 g/mol. The van der Waals surface area contributed by atoms with Gasteiger partial charge in [0, 0.05) is 30.4 Å². The second kappa shape index (κ2) is 5.96. The molecule has 1 aromatic heterocycles. The molecule has 5 heteroatoms. The predicted octanol–water partition coefficient (Wildman–Crippen LogP) is 3.00. The fourth-order valence-corrected chi connectivity index (χ4v) is 5.72. The molecule has 1 N–H and O–H groups in total. The lowest BCUT2D eigenvalue weighted by atomic mass is 9.76. The third-order valence-electron chi connectivity index (χ3n) is 6.99. The number of amides is 2. The number of carbonyl (C=O) groups is 2. The van der Waals surface area contributed by atoms with Gasteiger partial charge in [0.15, 0.2) is 5.54 Å². The van der Waals surface area contributed by atoms with Gasteiger partial charge in [0.25, 0.3) is 5.91 Å². The number of carbonyl (C=O) groups excluding carboxylic acids is 2. The predicted molar refractivity (Wildman–Crippen MR) is 110 cm³/mol. The molecule has 0 bridgehead atoms. The number of para-hydroxylation sites is 1. The van der Waals surface area contributed by atoms with E-state index in [0.29, 0.717) is 19.5 Å². The fourth-order valence-electron chi connectivity index (χ4n) is 5.72. The molecule has 0 radical (unpaired) electrons. The van der Waals surface area contributed by atoms with Crippen LogP contribution < -0.4 is 0 Å². The van der Waals surface area contributed by atoms with E-state index in [-0.39, 0.29) is 17.9 Å². The molecular weight excluding hydrogens is 362 g/mol. The molecule has 0 aliphatic carbocycles. The average Bonchev–Trinajstić information content (AvgIpc) is 3.38. The van der Waals surface area contributed by atoms with Gasteiger partial charge in [-0.15, -0.1) is 0 Å². The summed E-state index contributed by atoms with van der Waals surface area (Å²) in [7, 11) is 0. The number of nitrogens with one attached hydrogen (secondary N) is 1. The highest BCUT2D eigenvalue weighted by Crippen LogP contribution is 2.46. The Morgan fingerprint density at radius 2 is 1.79 bits per heavy atom.